The Morgan fingerprint density at radius 3 is 2.76 bits per heavy atom. The zero-order valence-corrected chi connectivity index (χ0v) is 17.3. The number of ether oxygens (including phenoxy) is 2. The first-order chi connectivity index (χ1) is 14.0. The molecule has 1 aliphatic heterocycles. The summed E-state index contributed by atoms with van der Waals surface area (Å²) in [6.45, 7) is 1.33. The van der Waals surface area contributed by atoms with Crippen molar-refractivity contribution in [2.75, 3.05) is 27.4 Å². The topological polar surface area (TPSA) is 67.9 Å². The van der Waals surface area contributed by atoms with Gasteiger partial charge in [0.2, 0.25) is 11.8 Å². The van der Waals surface area contributed by atoms with Crippen LogP contribution in [0, 0.1) is 5.92 Å². The molecule has 7 heteroatoms. The number of amides is 2. The van der Waals surface area contributed by atoms with E-state index in [1.54, 1.807) is 25.1 Å². The third-order valence-corrected chi connectivity index (χ3v) is 5.27. The lowest BCUT2D eigenvalue weighted by Crippen LogP contribution is -2.34. The Bertz CT molecular complexity index is 873. The lowest BCUT2D eigenvalue weighted by atomic mass is 9.93. The van der Waals surface area contributed by atoms with E-state index in [0.29, 0.717) is 24.8 Å². The number of carbonyl (C=O) groups is 2. The van der Waals surface area contributed by atoms with Crippen LogP contribution in [-0.4, -0.2) is 44.1 Å². The Balaban J connectivity index is 1.66. The molecule has 0 aliphatic carbocycles. The van der Waals surface area contributed by atoms with Crippen molar-refractivity contribution in [1.29, 1.82) is 0 Å². The van der Waals surface area contributed by atoms with Gasteiger partial charge in [-0.3, -0.25) is 9.59 Å². The Kier molecular flexibility index (Phi) is 7.12. The van der Waals surface area contributed by atoms with Crippen molar-refractivity contribution < 1.29 is 19.1 Å². The van der Waals surface area contributed by atoms with Gasteiger partial charge in [-0.25, -0.2) is 0 Å². The first-order valence-electron chi connectivity index (χ1n) is 9.49. The highest BCUT2D eigenvalue weighted by atomic mass is 35.5. The molecule has 29 heavy (non-hydrogen) atoms. The molecule has 2 aromatic rings. The smallest absolute Gasteiger partial charge is 0.226 e. The van der Waals surface area contributed by atoms with Crippen molar-refractivity contribution in [2.45, 2.75) is 19.0 Å². The molecule has 154 valence electrons. The van der Waals surface area contributed by atoms with E-state index in [-0.39, 0.29) is 24.3 Å². The minimum Gasteiger partial charge on any atom is -0.491 e. The van der Waals surface area contributed by atoms with E-state index in [1.165, 1.54) is 0 Å². The van der Waals surface area contributed by atoms with Gasteiger partial charge in [-0.1, -0.05) is 35.9 Å². The molecule has 0 spiro atoms. The van der Waals surface area contributed by atoms with Gasteiger partial charge in [0.1, 0.15) is 12.4 Å². The fraction of sp³-hybridized carbons (Fsp3) is 0.364. The largest absolute Gasteiger partial charge is 0.491 e. The maximum atomic E-state index is 12.9. The SMILES string of the molecule is COCCOc1cccc(CNC(=O)C2CC(=O)N(C)C2c2cccc(Cl)c2)c1. The molecule has 2 unspecified atom stereocenters. The number of hydrogen-bond acceptors (Lipinski definition) is 4. The van der Waals surface area contributed by atoms with Crippen molar-refractivity contribution in [3.63, 3.8) is 0 Å². The van der Waals surface area contributed by atoms with Gasteiger partial charge in [0.05, 0.1) is 18.6 Å². The van der Waals surface area contributed by atoms with Gasteiger partial charge < -0.3 is 19.7 Å². The van der Waals surface area contributed by atoms with Crippen LogP contribution in [0.15, 0.2) is 48.5 Å². The Hall–Kier alpha value is -2.57. The second-order valence-corrected chi connectivity index (χ2v) is 7.46. The van der Waals surface area contributed by atoms with E-state index in [2.05, 4.69) is 5.32 Å². The molecule has 1 fully saturated rings. The number of carbonyl (C=O) groups excluding carboxylic acids is 2. The molecule has 1 N–H and O–H groups in total. The van der Waals surface area contributed by atoms with Crippen LogP contribution in [0.1, 0.15) is 23.6 Å². The van der Waals surface area contributed by atoms with Gasteiger partial charge in [0.25, 0.3) is 0 Å². The first-order valence-corrected chi connectivity index (χ1v) is 9.87. The maximum absolute atomic E-state index is 12.9. The van der Waals surface area contributed by atoms with Gasteiger partial charge in [-0.05, 0) is 35.4 Å². The van der Waals surface area contributed by atoms with Gasteiger partial charge in [0.15, 0.2) is 0 Å². The number of rotatable bonds is 8. The van der Waals surface area contributed by atoms with Crippen LogP contribution in [0.4, 0.5) is 0 Å². The standard InChI is InChI=1S/C22H25ClN2O4/c1-25-20(26)13-19(21(25)16-6-4-7-17(23)12-16)22(27)24-14-15-5-3-8-18(11-15)29-10-9-28-2/h3-8,11-12,19,21H,9-10,13-14H2,1-2H3,(H,24,27). The van der Waals surface area contributed by atoms with Crippen LogP contribution < -0.4 is 10.1 Å². The zero-order valence-electron chi connectivity index (χ0n) is 16.6. The predicted molar refractivity (Wildman–Crippen MR) is 111 cm³/mol. The summed E-state index contributed by atoms with van der Waals surface area (Å²) >= 11 is 6.11. The monoisotopic (exact) mass is 416 g/mol. The third kappa shape index (κ3) is 5.28. The molecule has 6 nitrogen and oxygen atoms in total. The van der Waals surface area contributed by atoms with Gasteiger partial charge in [0, 0.05) is 32.1 Å². The normalized spacial score (nSPS) is 18.7. The van der Waals surface area contributed by atoms with Crippen LogP contribution in [0.2, 0.25) is 5.02 Å². The van der Waals surface area contributed by atoms with E-state index in [1.807, 2.05) is 42.5 Å². The van der Waals surface area contributed by atoms with Crippen LogP contribution in [0.25, 0.3) is 0 Å². The number of methoxy groups -OCH3 is 1. The van der Waals surface area contributed by atoms with Gasteiger partial charge >= 0.3 is 0 Å². The lowest BCUT2D eigenvalue weighted by Gasteiger charge is -2.25. The van der Waals surface area contributed by atoms with Crippen LogP contribution in [-0.2, 0) is 20.9 Å². The van der Waals surface area contributed by atoms with Crippen LogP contribution in [0.5, 0.6) is 5.75 Å². The molecule has 2 atom stereocenters. The van der Waals surface area contributed by atoms with Gasteiger partial charge in [-0.2, -0.15) is 0 Å². The maximum Gasteiger partial charge on any atom is 0.226 e. The van der Waals surface area contributed by atoms with Gasteiger partial charge in [-0.15, -0.1) is 0 Å². The highest BCUT2D eigenvalue weighted by Gasteiger charge is 2.42. The summed E-state index contributed by atoms with van der Waals surface area (Å²) < 4.78 is 10.6. The summed E-state index contributed by atoms with van der Waals surface area (Å²) in [5.74, 6) is 0.0514. The highest BCUT2D eigenvalue weighted by Crippen LogP contribution is 2.37. The molecule has 3 rings (SSSR count). The summed E-state index contributed by atoms with van der Waals surface area (Å²) in [5.41, 5.74) is 1.78. The van der Waals surface area contributed by atoms with Crippen molar-refractivity contribution >= 4 is 23.4 Å². The lowest BCUT2D eigenvalue weighted by molar-refractivity contribution is -0.128. The van der Waals surface area contributed by atoms with E-state index >= 15 is 0 Å². The molecule has 2 amide bonds. The first kappa shape index (κ1) is 21.1. The molecule has 1 aliphatic rings. The molecule has 1 heterocycles. The molecular weight excluding hydrogens is 392 g/mol. The van der Waals surface area contributed by atoms with E-state index in [4.69, 9.17) is 21.1 Å². The number of nitrogens with one attached hydrogen (secondary N) is 1. The van der Waals surface area contributed by atoms with E-state index in [0.717, 1.165) is 16.9 Å². The second kappa shape index (κ2) is 9.76. The minimum atomic E-state index is -0.466. The Labute approximate surface area is 175 Å². The molecule has 0 bridgehead atoms. The fourth-order valence-electron chi connectivity index (χ4n) is 3.56. The quantitative estimate of drug-likeness (QED) is 0.671. The molecular formula is C22H25ClN2O4. The third-order valence-electron chi connectivity index (χ3n) is 5.03. The fourth-order valence-corrected chi connectivity index (χ4v) is 3.76. The number of hydrogen-bond donors (Lipinski definition) is 1. The second-order valence-electron chi connectivity index (χ2n) is 7.02. The van der Waals surface area contributed by atoms with Crippen molar-refractivity contribution in [1.82, 2.24) is 10.2 Å². The summed E-state index contributed by atoms with van der Waals surface area (Å²) in [4.78, 5) is 26.8. The summed E-state index contributed by atoms with van der Waals surface area (Å²) in [6, 6.07) is 14.5. The number of likely N-dealkylation sites (tertiary alicyclic amines) is 1. The number of benzene rings is 2. The number of halogens is 1. The zero-order chi connectivity index (χ0) is 20.8. The summed E-state index contributed by atoms with van der Waals surface area (Å²) in [6.07, 6.45) is 0.180. The molecule has 0 radical (unpaired) electrons. The van der Waals surface area contributed by atoms with Crippen LogP contribution in [0.3, 0.4) is 0 Å². The average molecular weight is 417 g/mol. The van der Waals surface area contributed by atoms with Crippen molar-refractivity contribution in [3.05, 3.63) is 64.7 Å². The Morgan fingerprint density at radius 2 is 2.00 bits per heavy atom. The van der Waals surface area contributed by atoms with E-state index in [9.17, 15) is 9.59 Å². The Morgan fingerprint density at radius 1 is 1.21 bits per heavy atom. The van der Waals surface area contributed by atoms with Crippen molar-refractivity contribution in [2.24, 2.45) is 5.92 Å². The molecule has 0 aromatic heterocycles. The van der Waals surface area contributed by atoms with E-state index < -0.39 is 5.92 Å². The van der Waals surface area contributed by atoms with Crippen LogP contribution >= 0.6 is 11.6 Å². The summed E-state index contributed by atoms with van der Waals surface area (Å²) in [5, 5.41) is 3.54. The highest BCUT2D eigenvalue weighted by molar-refractivity contribution is 6.30. The molecule has 1 saturated heterocycles. The van der Waals surface area contributed by atoms with Crippen molar-refractivity contribution in [3.8, 4) is 5.75 Å². The minimum absolute atomic E-state index is 0.0522. The molecule has 0 saturated carbocycles. The molecule has 2 aromatic carbocycles. The number of nitrogens with zero attached hydrogens (tertiary/aromatic N) is 1. The predicted octanol–water partition coefficient (Wildman–Crippen LogP) is 3.20. The average Bonchev–Trinajstić information content (AvgIpc) is 3.01. The summed E-state index contributed by atoms with van der Waals surface area (Å²) in [7, 11) is 3.35.